The lowest BCUT2D eigenvalue weighted by Gasteiger charge is -2.11. The van der Waals surface area contributed by atoms with Gasteiger partial charge < -0.3 is 10.1 Å². The normalized spacial score (nSPS) is 11.2. The second kappa shape index (κ2) is 8.24. The summed E-state index contributed by atoms with van der Waals surface area (Å²) in [6, 6.07) is 4.39. The third-order valence-corrected chi connectivity index (χ3v) is 4.14. The molecule has 1 N–H and O–H groups in total. The number of hydrogen-bond acceptors (Lipinski definition) is 4. The molecule has 0 bridgehead atoms. The van der Waals surface area contributed by atoms with E-state index < -0.39 is 9.05 Å². The third kappa shape index (κ3) is 5.93. The largest absolute Gasteiger partial charge is 0.492 e. The summed E-state index contributed by atoms with van der Waals surface area (Å²) in [5.41, 5.74) is 0.388. The first kappa shape index (κ1) is 17.8. The number of anilines is 1. The molecular weight excluding hydrogens is 314 g/mol. The lowest BCUT2D eigenvalue weighted by atomic mass is 10.2. The van der Waals surface area contributed by atoms with Crippen molar-refractivity contribution in [3.05, 3.63) is 18.2 Å². The smallest absolute Gasteiger partial charge is 0.265 e. The van der Waals surface area contributed by atoms with Gasteiger partial charge in [-0.2, -0.15) is 0 Å². The van der Waals surface area contributed by atoms with Gasteiger partial charge >= 0.3 is 0 Å². The Balaban J connectivity index is 2.88. The number of carbonyl (C=O) groups excluding carboxylic acids is 1. The highest BCUT2D eigenvalue weighted by Gasteiger charge is 2.18. The second-order valence-electron chi connectivity index (χ2n) is 4.54. The Morgan fingerprint density at radius 2 is 2.00 bits per heavy atom. The van der Waals surface area contributed by atoms with Crippen LogP contribution < -0.4 is 10.1 Å². The average Bonchev–Trinajstić information content (AvgIpc) is 2.40. The molecule has 21 heavy (non-hydrogen) atoms. The van der Waals surface area contributed by atoms with Crippen molar-refractivity contribution in [3.8, 4) is 5.75 Å². The first-order valence-electron chi connectivity index (χ1n) is 6.89. The van der Waals surface area contributed by atoms with Crippen LogP contribution in [0.1, 0.15) is 39.5 Å². The van der Waals surface area contributed by atoms with Crippen LogP contribution in [-0.2, 0) is 13.8 Å². The Bertz CT molecular complexity index is 587. The summed E-state index contributed by atoms with van der Waals surface area (Å²) in [7, 11) is 1.45. The van der Waals surface area contributed by atoms with Gasteiger partial charge in [-0.05, 0) is 31.5 Å². The highest BCUT2D eigenvalue weighted by Crippen LogP contribution is 2.30. The highest BCUT2D eigenvalue weighted by atomic mass is 35.7. The SMILES string of the molecule is CCCCCC(=O)Nc1ccc(OCC)c(S(=O)(=O)Cl)c1. The van der Waals surface area contributed by atoms with Crippen molar-refractivity contribution in [2.45, 2.75) is 44.4 Å². The molecule has 1 amide bonds. The molecule has 0 spiro atoms. The minimum absolute atomic E-state index is 0.141. The van der Waals surface area contributed by atoms with Crippen LogP contribution in [0.3, 0.4) is 0 Å². The van der Waals surface area contributed by atoms with Gasteiger partial charge in [-0.3, -0.25) is 4.79 Å². The van der Waals surface area contributed by atoms with Crippen molar-refractivity contribution in [1.82, 2.24) is 0 Å². The fraction of sp³-hybridized carbons (Fsp3) is 0.500. The molecule has 0 atom stereocenters. The molecular formula is C14H20ClNO4S. The molecule has 0 heterocycles. The van der Waals surface area contributed by atoms with Gasteiger partial charge in [0.25, 0.3) is 9.05 Å². The lowest BCUT2D eigenvalue weighted by molar-refractivity contribution is -0.116. The van der Waals surface area contributed by atoms with Crippen LogP contribution in [-0.4, -0.2) is 20.9 Å². The lowest BCUT2D eigenvalue weighted by Crippen LogP contribution is -2.11. The van der Waals surface area contributed by atoms with Crippen LogP contribution in [0.4, 0.5) is 5.69 Å². The second-order valence-corrected chi connectivity index (χ2v) is 7.07. The zero-order chi connectivity index (χ0) is 15.9. The minimum Gasteiger partial charge on any atom is -0.492 e. The van der Waals surface area contributed by atoms with E-state index in [2.05, 4.69) is 12.2 Å². The number of amides is 1. The van der Waals surface area contributed by atoms with Crippen molar-refractivity contribution in [3.63, 3.8) is 0 Å². The fourth-order valence-electron chi connectivity index (χ4n) is 1.81. The molecule has 0 unspecified atom stereocenters. The van der Waals surface area contributed by atoms with Gasteiger partial charge in [0, 0.05) is 22.8 Å². The fourth-order valence-corrected chi connectivity index (χ4v) is 2.81. The summed E-state index contributed by atoms with van der Waals surface area (Å²) in [5.74, 6) is 0.0296. The Kier molecular flexibility index (Phi) is 6.98. The van der Waals surface area contributed by atoms with E-state index in [9.17, 15) is 13.2 Å². The first-order valence-corrected chi connectivity index (χ1v) is 9.20. The molecule has 1 aromatic carbocycles. The van der Waals surface area contributed by atoms with Crippen molar-refractivity contribution in [1.29, 1.82) is 0 Å². The number of nitrogens with one attached hydrogen (secondary N) is 1. The molecule has 7 heteroatoms. The van der Waals surface area contributed by atoms with E-state index in [1.807, 2.05) is 0 Å². The van der Waals surface area contributed by atoms with Gasteiger partial charge in [-0.25, -0.2) is 8.42 Å². The number of unbranched alkanes of at least 4 members (excludes halogenated alkanes) is 2. The van der Waals surface area contributed by atoms with E-state index >= 15 is 0 Å². The molecule has 118 valence electrons. The molecule has 5 nitrogen and oxygen atoms in total. The summed E-state index contributed by atoms with van der Waals surface area (Å²) < 4.78 is 28.3. The molecule has 0 aromatic heterocycles. The van der Waals surface area contributed by atoms with E-state index in [-0.39, 0.29) is 16.6 Å². The number of ether oxygens (including phenoxy) is 1. The van der Waals surface area contributed by atoms with Crippen LogP contribution in [0.2, 0.25) is 0 Å². The maximum absolute atomic E-state index is 11.7. The Labute approximate surface area is 130 Å². The molecule has 0 radical (unpaired) electrons. The summed E-state index contributed by atoms with van der Waals surface area (Å²) >= 11 is 0. The van der Waals surface area contributed by atoms with E-state index in [1.54, 1.807) is 13.0 Å². The number of rotatable bonds is 8. The number of hydrogen-bond donors (Lipinski definition) is 1. The van der Waals surface area contributed by atoms with Gasteiger partial charge in [0.2, 0.25) is 5.91 Å². The molecule has 0 saturated heterocycles. The Morgan fingerprint density at radius 1 is 1.29 bits per heavy atom. The quantitative estimate of drug-likeness (QED) is 0.583. The summed E-state index contributed by atoms with van der Waals surface area (Å²) in [4.78, 5) is 11.6. The summed E-state index contributed by atoms with van der Waals surface area (Å²) in [6.07, 6.45) is 3.23. The topological polar surface area (TPSA) is 72.5 Å². The number of benzene rings is 1. The summed E-state index contributed by atoms with van der Waals surface area (Å²) in [5, 5.41) is 2.67. The third-order valence-electron chi connectivity index (χ3n) is 2.80. The maximum Gasteiger partial charge on any atom is 0.265 e. The molecule has 0 aliphatic rings. The van der Waals surface area contributed by atoms with Crippen molar-refractivity contribution in [2.24, 2.45) is 0 Å². The predicted molar refractivity (Wildman–Crippen MR) is 83.4 cm³/mol. The molecule has 1 rings (SSSR count). The number of halogens is 1. The Hall–Kier alpha value is -1.27. The van der Waals surface area contributed by atoms with Gasteiger partial charge in [0.15, 0.2) is 0 Å². The average molecular weight is 334 g/mol. The van der Waals surface area contributed by atoms with Crippen LogP contribution in [0.15, 0.2) is 23.1 Å². The van der Waals surface area contributed by atoms with Gasteiger partial charge in [0.05, 0.1) is 6.61 Å². The maximum atomic E-state index is 11.7. The minimum atomic E-state index is -3.94. The zero-order valence-electron chi connectivity index (χ0n) is 12.2. The van der Waals surface area contributed by atoms with Gasteiger partial charge in [-0.15, -0.1) is 0 Å². The first-order chi connectivity index (χ1) is 9.88. The molecule has 0 aliphatic carbocycles. The standard InChI is InChI=1S/C14H20ClNO4S/c1-3-5-6-7-14(17)16-11-8-9-12(20-4-2)13(10-11)21(15,18)19/h8-10H,3-7H2,1-2H3,(H,16,17). The van der Waals surface area contributed by atoms with Gasteiger partial charge in [-0.1, -0.05) is 19.8 Å². The number of carbonyl (C=O) groups is 1. The Morgan fingerprint density at radius 3 is 2.57 bits per heavy atom. The van der Waals surface area contributed by atoms with Crippen LogP contribution in [0.25, 0.3) is 0 Å². The zero-order valence-corrected chi connectivity index (χ0v) is 13.8. The van der Waals surface area contributed by atoms with Crippen LogP contribution in [0, 0.1) is 0 Å². The monoisotopic (exact) mass is 333 g/mol. The summed E-state index contributed by atoms with van der Waals surface area (Å²) in [6.45, 7) is 4.12. The molecule has 0 fully saturated rings. The predicted octanol–water partition coefficient (Wildman–Crippen LogP) is 3.53. The molecule has 1 aromatic rings. The molecule has 0 aliphatic heterocycles. The van der Waals surface area contributed by atoms with Crippen molar-refractivity contribution < 1.29 is 17.9 Å². The van der Waals surface area contributed by atoms with Crippen LogP contribution >= 0.6 is 10.7 Å². The van der Waals surface area contributed by atoms with E-state index in [0.717, 1.165) is 19.3 Å². The van der Waals surface area contributed by atoms with Crippen molar-refractivity contribution in [2.75, 3.05) is 11.9 Å². The van der Waals surface area contributed by atoms with E-state index in [1.165, 1.54) is 12.1 Å². The molecule has 0 saturated carbocycles. The van der Waals surface area contributed by atoms with E-state index in [4.69, 9.17) is 15.4 Å². The highest BCUT2D eigenvalue weighted by molar-refractivity contribution is 8.13. The van der Waals surface area contributed by atoms with Crippen molar-refractivity contribution >= 4 is 31.3 Å². The van der Waals surface area contributed by atoms with Crippen LogP contribution in [0.5, 0.6) is 5.75 Å². The van der Waals surface area contributed by atoms with Gasteiger partial charge in [0.1, 0.15) is 10.6 Å². The van der Waals surface area contributed by atoms with E-state index in [0.29, 0.717) is 18.7 Å².